The Morgan fingerprint density at radius 3 is 2.41 bits per heavy atom. The monoisotopic (exact) mass is 233 g/mol. The maximum absolute atomic E-state index is 6.13. The van der Waals surface area contributed by atoms with Gasteiger partial charge in [-0.25, -0.2) is 0 Å². The molecule has 0 aliphatic heterocycles. The van der Waals surface area contributed by atoms with E-state index in [1.54, 1.807) is 0 Å². The lowest BCUT2D eigenvalue weighted by atomic mass is 9.82. The number of benzene rings is 1. The van der Waals surface area contributed by atoms with Crippen LogP contribution in [0.25, 0.3) is 0 Å². The zero-order valence-electron chi connectivity index (χ0n) is 11.1. The van der Waals surface area contributed by atoms with Gasteiger partial charge in [-0.1, -0.05) is 19.9 Å². The van der Waals surface area contributed by atoms with Crippen LogP contribution in [0.3, 0.4) is 0 Å². The topological polar surface area (TPSA) is 35.2 Å². The van der Waals surface area contributed by atoms with Gasteiger partial charge in [0.1, 0.15) is 5.75 Å². The van der Waals surface area contributed by atoms with Gasteiger partial charge in [0.25, 0.3) is 0 Å². The summed E-state index contributed by atoms with van der Waals surface area (Å²) in [5.41, 5.74) is 7.79. The van der Waals surface area contributed by atoms with Crippen molar-refractivity contribution < 1.29 is 4.74 Å². The molecule has 0 saturated heterocycles. The van der Waals surface area contributed by atoms with E-state index in [0.29, 0.717) is 6.10 Å². The molecule has 0 bridgehead atoms. The van der Waals surface area contributed by atoms with Gasteiger partial charge in [-0.15, -0.1) is 0 Å². The van der Waals surface area contributed by atoms with Gasteiger partial charge >= 0.3 is 0 Å². The van der Waals surface area contributed by atoms with Crippen molar-refractivity contribution in [1.82, 2.24) is 0 Å². The van der Waals surface area contributed by atoms with E-state index in [4.69, 9.17) is 10.5 Å². The summed E-state index contributed by atoms with van der Waals surface area (Å²) in [6, 6.07) is 5.91. The van der Waals surface area contributed by atoms with Crippen LogP contribution in [0.2, 0.25) is 0 Å². The molecule has 0 radical (unpaired) electrons. The van der Waals surface area contributed by atoms with Crippen molar-refractivity contribution in [2.45, 2.75) is 46.1 Å². The van der Waals surface area contributed by atoms with Gasteiger partial charge < -0.3 is 10.5 Å². The number of anilines is 1. The second-order valence-corrected chi connectivity index (χ2v) is 5.63. The maximum atomic E-state index is 6.13. The van der Waals surface area contributed by atoms with Crippen LogP contribution in [0, 0.1) is 18.8 Å². The first-order valence-electron chi connectivity index (χ1n) is 6.58. The van der Waals surface area contributed by atoms with E-state index in [2.05, 4.69) is 13.8 Å². The average Bonchev–Trinajstić information content (AvgIpc) is 2.23. The summed E-state index contributed by atoms with van der Waals surface area (Å²) in [6.07, 6.45) is 4.02. The van der Waals surface area contributed by atoms with Crippen molar-refractivity contribution in [2.24, 2.45) is 11.8 Å². The number of hydrogen-bond acceptors (Lipinski definition) is 2. The molecule has 1 fully saturated rings. The molecule has 2 rings (SSSR count). The van der Waals surface area contributed by atoms with Gasteiger partial charge in [0, 0.05) is 11.3 Å². The molecule has 1 saturated carbocycles. The molecule has 1 aliphatic rings. The van der Waals surface area contributed by atoms with Crippen LogP contribution in [0.4, 0.5) is 5.69 Å². The summed E-state index contributed by atoms with van der Waals surface area (Å²) in [5, 5.41) is 0. The minimum atomic E-state index is 0.356. The van der Waals surface area contributed by atoms with Crippen LogP contribution in [0.5, 0.6) is 5.75 Å². The third-order valence-corrected chi connectivity index (χ3v) is 3.75. The molecular weight excluding hydrogens is 210 g/mol. The summed E-state index contributed by atoms with van der Waals surface area (Å²) in [7, 11) is 0. The van der Waals surface area contributed by atoms with Crippen molar-refractivity contribution in [3.05, 3.63) is 23.8 Å². The smallest absolute Gasteiger partial charge is 0.124 e. The maximum Gasteiger partial charge on any atom is 0.124 e. The van der Waals surface area contributed by atoms with E-state index in [9.17, 15) is 0 Å². The first kappa shape index (κ1) is 12.3. The molecule has 0 amide bonds. The van der Waals surface area contributed by atoms with Crippen LogP contribution in [-0.4, -0.2) is 6.10 Å². The molecule has 0 spiro atoms. The van der Waals surface area contributed by atoms with Crippen molar-refractivity contribution in [2.75, 3.05) is 5.73 Å². The van der Waals surface area contributed by atoms with Crippen LogP contribution in [0.15, 0.2) is 18.2 Å². The number of nitrogen functional groups attached to an aromatic ring is 1. The Kier molecular flexibility index (Phi) is 3.60. The summed E-state index contributed by atoms with van der Waals surface area (Å²) in [6.45, 7) is 6.66. The second kappa shape index (κ2) is 4.99. The minimum Gasteiger partial charge on any atom is -0.490 e. The SMILES string of the molecule is Cc1c(N)cccc1OC1CC(C)CC(C)C1. The highest BCUT2D eigenvalue weighted by atomic mass is 16.5. The van der Waals surface area contributed by atoms with Gasteiger partial charge in [0.05, 0.1) is 6.10 Å². The molecule has 94 valence electrons. The van der Waals surface area contributed by atoms with Crippen LogP contribution in [-0.2, 0) is 0 Å². The molecule has 1 aromatic rings. The summed E-state index contributed by atoms with van der Waals surface area (Å²) >= 11 is 0. The Morgan fingerprint density at radius 2 is 1.76 bits per heavy atom. The van der Waals surface area contributed by atoms with E-state index >= 15 is 0 Å². The lowest BCUT2D eigenvalue weighted by Crippen LogP contribution is -2.28. The van der Waals surface area contributed by atoms with Crippen LogP contribution >= 0.6 is 0 Å². The summed E-state index contributed by atoms with van der Waals surface area (Å²) < 4.78 is 6.13. The fraction of sp³-hybridized carbons (Fsp3) is 0.600. The standard InChI is InChI=1S/C15H23NO/c1-10-7-11(2)9-13(8-10)17-15-6-4-5-14(16)12(15)3/h4-6,10-11,13H,7-9,16H2,1-3H3. The first-order valence-corrected chi connectivity index (χ1v) is 6.58. The number of rotatable bonds is 2. The van der Waals surface area contributed by atoms with Crippen molar-refractivity contribution >= 4 is 5.69 Å². The van der Waals surface area contributed by atoms with Crippen LogP contribution in [0.1, 0.15) is 38.7 Å². The fourth-order valence-corrected chi connectivity index (χ4v) is 2.91. The molecule has 17 heavy (non-hydrogen) atoms. The average molecular weight is 233 g/mol. The van der Waals surface area contributed by atoms with Crippen molar-refractivity contribution in [3.63, 3.8) is 0 Å². The van der Waals surface area contributed by atoms with Gasteiger partial charge in [0.2, 0.25) is 0 Å². The zero-order chi connectivity index (χ0) is 12.4. The largest absolute Gasteiger partial charge is 0.490 e. The van der Waals surface area contributed by atoms with E-state index in [0.717, 1.165) is 28.8 Å². The third kappa shape index (κ3) is 2.93. The lowest BCUT2D eigenvalue weighted by molar-refractivity contribution is 0.100. The molecule has 2 nitrogen and oxygen atoms in total. The highest BCUT2D eigenvalue weighted by molar-refractivity contribution is 5.53. The van der Waals surface area contributed by atoms with Gasteiger partial charge in [0.15, 0.2) is 0 Å². The van der Waals surface area contributed by atoms with E-state index in [-0.39, 0.29) is 0 Å². The molecule has 2 N–H and O–H groups in total. The van der Waals surface area contributed by atoms with E-state index in [1.807, 2.05) is 25.1 Å². The van der Waals surface area contributed by atoms with Crippen LogP contribution < -0.4 is 10.5 Å². The number of ether oxygens (including phenoxy) is 1. The molecule has 2 unspecified atom stereocenters. The molecule has 1 aliphatic carbocycles. The van der Waals surface area contributed by atoms with Gasteiger partial charge in [-0.05, 0) is 50.2 Å². The Hall–Kier alpha value is -1.18. The predicted octanol–water partition coefficient (Wildman–Crippen LogP) is 3.78. The van der Waals surface area contributed by atoms with Crippen molar-refractivity contribution in [3.8, 4) is 5.75 Å². The predicted molar refractivity (Wildman–Crippen MR) is 72.2 cm³/mol. The first-order chi connectivity index (χ1) is 8.06. The van der Waals surface area contributed by atoms with Crippen molar-refractivity contribution in [1.29, 1.82) is 0 Å². The highest BCUT2D eigenvalue weighted by Gasteiger charge is 2.25. The highest BCUT2D eigenvalue weighted by Crippen LogP contribution is 2.33. The normalized spacial score (nSPS) is 29.0. The Morgan fingerprint density at radius 1 is 1.12 bits per heavy atom. The third-order valence-electron chi connectivity index (χ3n) is 3.75. The molecule has 2 heteroatoms. The molecule has 1 aromatic carbocycles. The lowest BCUT2D eigenvalue weighted by Gasteiger charge is -2.32. The number of nitrogens with two attached hydrogens (primary N) is 1. The molecular formula is C15H23NO. The minimum absolute atomic E-state index is 0.356. The Labute approximate surface area is 104 Å². The number of hydrogen-bond donors (Lipinski definition) is 1. The molecule has 0 aromatic heterocycles. The quantitative estimate of drug-likeness (QED) is 0.789. The second-order valence-electron chi connectivity index (χ2n) is 5.63. The fourth-order valence-electron chi connectivity index (χ4n) is 2.91. The molecule has 0 heterocycles. The zero-order valence-corrected chi connectivity index (χ0v) is 11.1. The van der Waals surface area contributed by atoms with E-state index < -0.39 is 0 Å². The Balaban J connectivity index is 2.07. The summed E-state index contributed by atoms with van der Waals surface area (Å²) in [5.74, 6) is 2.49. The van der Waals surface area contributed by atoms with Gasteiger partial charge in [-0.2, -0.15) is 0 Å². The van der Waals surface area contributed by atoms with E-state index in [1.165, 1.54) is 19.3 Å². The van der Waals surface area contributed by atoms with Gasteiger partial charge in [-0.3, -0.25) is 0 Å². The summed E-state index contributed by atoms with van der Waals surface area (Å²) in [4.78, 5) is 0. The molecule has 2 atom stereocenters. The Bertz CT molecular complexity index is 379.